The molecule has 2 aromatic rings. The topological polar surface area (TPSA) is 56.3 Å². The van der Waals surface area contributed by atoms with Crippen LogP contribution in [0.15, 0.2) is 11.0 Å². The van der Waals surface area contributed by atoms with Crippen molar-refractivity contribution in [3.63, 3.8) is 0 Å². The summed E-state index contributed by atoms with van der Waals surface area (Å²) in [7, 11) is 4.25. The molecule has 1 saturated carbocycles. The van der Waals surface area contributed by atoms with E-state index in [1.165, 1.54) is 0 Å². The van der Waals surface area contributed by atoms with Gasteiger partial charge in [0, 0.05) is 30.6 Å². The Bertz CT molecular complexity index is 885. The normalized spacial score (nSPS) is 20.4. The molecule has 0 spiro atoms. The van der Waals surface area contributed by atoms with Crippen LogP contribution in [0.3, 0.4) is 0 Å². The number of rotatable bonds is 4. The van der Waals surface area contributed by atoms with Crippen molar-refractivity contribution in [3.8, 4) is 6.07 Å². The molecule has 0 amide bonds. The lowest BCUT2D eigenvalue weighted by molar-refractivity contribution is 0.315. The van der Waals surface area contributed by atoms with Gasteiger partial charge in [0.2, 0.25) is 0 Å². The molecule has 0 radical (unpaired) electrons. The molecule has 5 heteroatoms. The van der Waals surface area contributed by atoms with Gasteiger partial charge in [0.25, 0.3) is 0 Å². The van der Waals surface area contributed by atoms with E-state index in [-0.39, 0.29) is 0 Å². The van der Waals surface area contributed by atoms with E-state index in [1.54, 1.807) is 0 Å². The molecule has 2 fully saturated rings. The van der Waals surface area contributed by atoms with E-state index in [4.69, 9.17) is 9.40 Å². The Hall–Kier alpha value is -2.32. The Kier molecular flexibility index (Phi) is 3.81. The van der Waals surface area contributed by atoms with Gasteiger partial charge in [0.15, 0.2) is 11.5 Å². The zero-order chi connectivity index (χ0) is 17.7. The smallest absolute Gasteiger partial charge is 0.198 e. The van der Waals surface area contributed by atoms with Crippen LogP contribution in [-0.4, -0.2) is 43.1 Å². The first kappa shape index (κ1) is 16.2. The Morgan fingerprint density at radius 1 is 1.36 bits per heavy atom. The molecule has 25 heavy (non-hydrogen) atoms. The van der Waals surface area contributed by atoms with Crippen LogP contribution in [0.4, 0.5) is 5.69 Å². The molecule has 0 bridgehead atoms. The van der Waals surface area contributed by atoms with Crippen molar-refractivity contribution in [2.75, 3.05) is 32.1 Å². The number of aromatic nitrogens is 1. The van der Waals surface area contributed by atoms with Crippen LogP contribution in [0, 0.1) is 18.3 Å². The fourth-order valence-electron chi connectivity index (χ4n) is 3.85. The Morgan fingerprint density at radius 2 is 2.12 bits per heavy atom. The average molecular weight is 336 g/mol. The lowest BCUT2D eigenvalue weighted by Gasteiger charge is -2.24. The van der Waals surface area contributed by atoms with Gasteiger partial charge in [-0.1, -0.05) is 12.7 Å². The molecule has 1 aromatic carbocycles. The van der Waals surface area contributed by atoms with Gasteiger partial charge in [0.1, 0.15) is 11.6 Å². The molecular formula is C20H24N4O. The summed E-state index contributed by atoms with van der Waals surface area (Å²) in [6, 6.07) is 2.86. The number of benzene rings is 1. The van der Waals surface area contributed by atoms with Crippen LogP contribution in [0.25, 0.3) is 17.2 Å². The summed E-state index contributed by atoms with van der Waals surface area (Å²) in [5, 5.41) is 9.68. The van der Waals surface area contributed by atoms with E-state index in [0.717, 1.165) is 66.2 Å². The van der Waals surface area contributed by atoms with Crippen LogP contribution in [0.5, 0.6) is 0 Å². The van der Waals surface area contributed by atoms with Gasteiger partial charge in [-0.15, -0.1) is 0 Å². The van der Waals surface area contributed by atoms with Gasteiger partial charge in [-0.05, 0) is 45.8 Å². The second-order valence-electron chi connectivity index (χ2n) is 7.43. The maximum atomic E-state index is 9.68. The molecule has 1 atom stereocenters. The summed E-state index contributed by atoms with van der Waals surface area (Å²) in [4.78, 5) is 9.36. The number of anilines is 1. The lowest BCUT2D eigenvalue weighted by atomic mass is 9.98. The van der Waals surface area contributed by atoms with Crippen molar-refractivity contribution >= 4 is 22.9 Å². The first-order valence-corrected chi connectivity index (χ1v) is 8.96. The van der Waals surface area contributed by atoms with Gasteiger partial charge in [-0.25, -0.2) is 4.98 Å². The summed E-state index contributed by atoms with van der Waals surface area (Å²) < 4.78 is 6.21. The quantitative estimate of drug-likeness (QED) is 0.852. The monoisotopic (exact) mass is 336 g/mol. The van der Waals surface area contributed by atoms with Gasteiger partial charge < -0.3 is 14.2 Å². The van der Waals surface area contributed by atoms with Crippen LogP contribution in [0.1, 0.15) is 47.8 Å². The standard InChI is InChI=1S/C20H24N4O/c1-5-15-12(2)16(10-21)17-19(25-20(22-17)13-6-7-13)18(15)24-9-8-14(11-24)23(3)4/h5,13-14H,1,6-9,11H2,2-4H3/t14-/m0/s1. The number of hydrogen-bond acceptors (Lipinski definition) is 5. The van der Waals surface area contributed by atoms with E-state index < -0.39 is 0 Å². The highest BCUT2D eigenvalue weighted by Gasteiger charge is 2.33. The van der Waals surface area contributed by atoms with E-state index in [9.17, 15) is 5.26 Å². The van der Waals surface area contributed by atoms with Gasteiger partial charge in [0.05, 0.1) is 11.3 Å². The Balaban J connectivity index is 1.92. The third kappa shape index (κ3) is 2.52. The van der Waals surface area contributed by atoms with Crippen molar-refractivity contribution < 1.29 is 4.42 Å². The number of hydrogen-bond donors (Lipinski definition) is 0. The van der Waals surface area contributed by atoms with E-state index in [1.807, 2.05) is 13.0 Å². The minimum Gasteiger partial charge on any atom is -0.438 e. The molecular weight excluding hydrogens is 312 g/mol. The average Bonchev–Trinajstić information content (AvgIpc) is 3.16. The maximum absolute atomic E-state index is 9.68. The second kappa shape index (κ2) is 5.89. The van der Waals surface area contributed by atoms with Crippen molar-refractivity contribution in [2.24, 2.45) is 0 Å². The van der Waals surface area contributed by atoms with Crippen LogP contribution in [0.2, 0.25) is 0 Å². The van der Waals surface area contributed by atoms with Crippen molar-refractivity contribution in [1.82, 2.24) is 9.88 Å². The summed E-state index contributed by atoms with van der Waals surface area (Å²) >= 11 is 0. The first-order valence-electron chi connectivity index (χ1n) is 8.96. The molecule has 130 valence electrons. The zero-order valence-corrected chi connectivity index (χ0v) is 15.2. The molecule has 4 rings (SSSR count). The van der Waals surface area contributed by atoms with Crippen LogP contribution in [-0.2, 0) is 0 Å². The van der Waals surface area contributed by atoms with Crippen LogP contribution < -0.4 is 4.90 Å². The molecule has 2 aliphatic rings. The van der Waals surface area contributed by atoms with Gasteiger partial charge in [-0.3, -0.25) is 0 Å². The van der Waals surface area contributed by atoms with Crippen molar-refractivity contribution in [3.05, 3.63) is 29.2 Å². The number of fused-ring (bicyclic) bond motifs is 1. The number of nitrogens with zero attached hydrogens (tertiary/aromatic N) is 4. The first-order chi connectivity index (χ1) is 12.0. The van der Waals surface area contributed by atoms with Crippen molar-refractivity contribution in [2.45, 2.75) is 38.1 Å². The molecule has 1 aliphatic carbocycles. The molecule has 1 aromatic heterocycles. The number of nitriles is 1. The highest BCUT2D eigenvalue weighted by molar-refractivity contribution is 5.97. The Labute approximate surface area is 148 Å². The van der Waals surface area contributed by atoms with E-state index >= 15 is 0 Å². The molecule has 0 unspecified atom stereocenters. The van der Waals surface area contributed by atoms with E-state index in [2.05, 4.69) is 36.5 Å². The molecule has 5 nitrogen and oxygen atoms in total. The lowest BCUT2D eigenvalue weighted by Crippen LogP contribution is -2.31. The van der Waals surface area contributed by atoms with Crippen LogP contribution >= 0.6 is 0 Å². The minimum absolute atomic E-state index is 0.424. The third-order valence-electron chi connectivity index (χ3n) is 5.58. The predicted molar refractivity (Wildman–Crippen MR) is 99.8 cm³/mol. The highest BCUT2D eigenvalue weighted by Crippen LogP contribution is 2.45. The Morgan fingerprint density at radius 3 is 2.68 bits per heavy atom. The maximum Gasteiger partial charge on any atom is 0.198 e. The van der Waals surface area contributed by atoms with Gasteiger partial charge in [-0.2, -0.15) is 5.26 Å². The highest BCUT2D eigenvalue weighted by atomic mass is 16.3. The van der Waals surface area contributed by atoms with Crippen molar-refractivity contribution in [1.29, 1.82) is 5.26 Å². The van der Waals surface area contributed by atoms with E-state index in [0.29, 0.717) is 17.5 Å². The molecule has 0 N–H and O–H groups in total. The summed E-state index contributed by atoms with van der Waals surface area (Å²) in [5.41, 5.74) is 5.11. The number of likely N-dealkylation sites (N-methyl/N-ethyl adjacent to an activating group) is 1. The SMILES string of the molecule is C=Cc1c(C)c(C#N)c2nc(C3CC3)oc2c1N1CC[C@H](N(C)C)C1. The number of oxazole rings is 1. The van der Waals surface area contributed by atoms with Gasteiger partial charge >= 0.3 is 0 Å². The molecule has 1 saturated heterocycles. The molecule has 1 aliphatic heterocycles. The minimum atomic E-state index is 0.424. The fraction of sp³-hybridized carbons (Fsp3) is 0.500. The predicted octanol–water partition coefficient (Wildman–Crippen LogP) is 3.67. The second-order valence-corrected chi connectivity index (χ2v) is 7.43. The summed E-state index contributed by atoms with van der Waals surface area (Å²) in [5.74, 6) is 1.21. The fourth-order valence-corrected chi connectivity index (χ4v) is 3.85. The summed E-state index contributed by atoms with van der Waals surface area (Å²) in [6.07, 6.45) is 5.23. The summed E-state index contributed by atoms with van der Waals surface area (Å²) in [6.45, 7) is 7.92. The zero-order valence-electron chi connectivity index (χ0n) is 15.2. The third-order valence-corrected chi connectivity index (χ3v) is 5.58. The molecule has 2 heterocycles. The largest absolute Gasteiger partial charge is 0.438 e.